The van der Waals surface area contributed by atoms with Gasteiger partial charge in [0.1, 0.15) is 5.82 Å². The lowest BCUT2D eigenvalue weighted by atomic mass is 10.1. The Morgan fingerprint density at radius 2 is 1.88 bits per heavy atom. The molecule has 0 radical (unpaired) electrons. The molecule has 0 aromatic heterocycles. The molecule has 0 spiro atoms. The maximum absolute atomic E-state index is 12.9. The van der Waals surface area contributed by atoms with Crippen LogP contribution in [0.5, 0.6) is 0 Å². The van der Waals surface area contributed by atoms with Crippen molar-refractivity contribution in [1.29, 1.82) is 0 Å². The van der Waals surface area contributed by atoms with Gasteiger partial charge in [-0.05, 0) is 48.7 Å². The molecule has 1 heterocycles. The summed E-state index contributed by atoms with van der Waals surface area (Å²) in [5.41, 5.74) is 2.45. The summed E-state index contributed by atoms with van der Waals surface area (Å²) in [6.07, 6.45) is 0.591. The van der Waals surface area contributed by atoms with Crippen LogP contribution in [0.15, 0.2) is 58.7 Å². The van der Waals surface area contributed by atoms with Crippen molar-refractivity contribution in [1.82, 2.24) is 5.32 Å². The third-order valence-corrected chi connectivity index (χ3v) is 4.99. The minimum Gasteiger partial charge on any atom is -0.303 e. The molecule has 1 N–H and O–H groups in total. The second kappa shape index (κ2) is 7.80. The summed E-state index contributed by atoms with van der Waals surface area (Å²) in [4.78, 5) is 12.1. The Hall–Kier alpha value is -2.18. The maximum atomic E-state index is 12.9. The number of hydrogen-bond donors (Lipinski definition) is 1. The molecule has 3 rings (SSSR count). The normalized spacial score (nSPS) is 19.3. The average molecular weight is 376 g/mol. The standard InChI is InChI=1S/C18H15ClFN3OS/c1-11(13-4-8-15(20)9-5-13)22-23-18-21-17(24)16(25-18)10-12-2-6-14(19)7-3-12/h2-9,16H,10H2,1H3,(H,21,23,24)/b22-11-/t16-/m1/s1. The molecule has 0 saturated carbocycles. The lowest BCUT2D eigenvalue weighted by Crippen LogP contribution is -2.25. The maximum Gasteiger partial charge on any atom is 0.239 e. The van der Waals surface area contributed by atoms with Gasteiger partial charge in [0.15, 0.2) is 5.17 Å². The summed E-state index contributed by atoms with van der Waals surface area (Å²) in [7, 11) is 0. The highest BCUT2D eigenvalue weighted by molar-refractivity contribution is 8.15. The number of amides is 1. The molecule has 1 aliphatic heterocycles. The van der Waals surface area contributed by atoms with E-state index in [4.69, 9.17) is 11.6 Å². The van der Waals surface area contributed by atoms with Gasteiger partial charge in [0, 0.05) is 5.02 Å². The van der Waals surface area contributed by atoms with Crippen LogP contribution in [0.3, 0.4) is 0 Å². The van der Waals surface area contributed by atoms with E-state index in [1.54, 1.807) is 31.2 Å². The van der Waals surface area contributed by atoms with E-state index in [1.165, 1.54) is 23.9 Å². The van der Waals surface area contributed by atoms with Crippen LogP contribution in [-0.4, -0.2) is 22.0 Å². The van der Waals surface area contributed by atoms with Crippen molar-refractivity contribution in [3.8, 4) is 0 Å². The number of halogens is 2. The van der Waals surface area contributed by atoms with Gasteiger partial charge in [0.25, 0.3) is 0 Å². The molecule has 128 valence electrons. The molecular weight excluding hydrogens is 361 g/mol. The van der Waals surface area contributed by atoms with E-state index in [2.05, 4.69) is 15.5 Å². The molecular formula is C18H15ClFN3OS. The van der Waals surface area contributed by atoms with Gasteiger partial charge in [-0.2, -0.15) is 5.10 Å². The van der Waals surface area contributed by atoms with Crippen LogP contribution in [0.2, 0.25) is 5.02 Å². The minimum atomic E-state index is -0.300. The van der Waals surface area contributed by atoms with E-state index < -0.39 is 0 Å². The number of nitrogens with one attached hydrogen (secondary N) is 1. The Labute approximate surface area is 154 Å². The second-order valence-electron chi connectivity index (χ2n) is 5.52. The lowest BCUT2D eigenvalue weighted by Gasteiger charge is -2.05. The highest BCUT2D eigenvalue weighted by Gasteiger charge is 2.30. The van der Waals surface area contributed by atoms with Crippen molar-refractivity contribution >= 4 is 40.1 Å². The zero-order chi connectivity index (χ0) is 17.8. The van der Waals surface area contributed by atoms with Crippen LogP contribution in [0.25, 0.3) is 0 Å². The zero-order valence-electron chi connectivity index (χ0n) is 13.4. The number of carbonyl (C=O) groups excluding carboxylic acids is 1. The molecule has 1 aliphatic rings. The minimum absolute atomic E-state index is 0.0895. The van der Waals surface area contributed by atoms with Gasteiger partial charge in [-0.1, -0.05) is 47.6 Å². The first-order valence-corrected chi connectivity index (χ1v) is 8.87. The highest BCUT2D eigenvalue weighted by Crippen LogP contribution is 2.24. The number of hydrogen-bond acceptors (Lipinski definition) is 4. The van der Waals surface area contributed by atoms with Crippen molar-refractivity contribution in [3.05, 3.63) is 70.5 Å². The predicted molar refractivity (Wildman–Crippen MR) is 101 cm³/mol. The van der Waals surface area contributed by atoms with E-state index >= 15 is 0 Å². The molecule has 1 amide bonds. The van der Waals surface area contributed by atoms with E-state index in [1.807, 2.05) is 12.1 Å². The summed E-state index contributed by atoms with van der Waals surface area (Å²) < 4.78 is 12.9. The van der Waals surface area contributed by atoms with Crippen LogP contribution in [0.1, 0.15) is 18.1 Å². The van der Waals surface area contributed by atoms with Crippen molar-refractivity contribution in [2.75, 3.05) is 0 Å². The van der Waals surface area contributed by atoms with Gasteiger partial charge < -0.3 is 5.32 Å². The smallest absolute Gasteiger partial charge is 0.239 e. The van der Waals surface area contributed by atoms with Crippen molar-refractivity contribution < 1.29 is 9.18 Å². The molecule has 0 bridgehead atoms. The molecule has 4 nitrogen and oxygen atoms in total. The molecule has 7 heteroatoms. The molecule has 0 aliphatic carbocycles. The summed E-state index contributed by atoms with van der Waals surface area (Å²) in [5.74, 6) is -0.389. The van der Waals surface area contributed by atoms with Gasteiger partial charge in [0.05, 0.1) is 11.0 Å². The predicted octanol–water partition coefficient (Wildman–Crippen LogP) is 4.03. The first-order valence-electron chi connectivity index (χ1n) is 7.61. The second-order valence-corrected chi connectivity index (χ2v) is 7.15. The summed E-state index contributed by atoms with van der Waals surface area (Å²) in [6, 6.07) is 13.4. The number of carbonyl (C=O) groups is 1. The Balaban J connectivity index is 1.66. The van der Waals surface area contributed by atoms with Crippen LogP contribution in [0, 0.1) is 5.82 Å². The number of benzene rings is 2. The van der Waals surface area contributed by atoms with E-state index in [0.717, 1.165) is 11.1 Å². The van der Waals surface area contributed by atoms with Crippen LogP contribution >= 0.6 is 23.4 Å². The van der Waals surface area contributed by atoms with Gasteiger partial charge in [0.2, 0.25) is 5.91 Å². The van der Waals surface area contributed by atoms with Gasteiger partial charge in [-0.3, -0.25) is 4.79 Å². The number of rotatable bonds is 4. The summed E-state index contributed by atoms with van der Waals surface area (Å²) in [6.45, 7) is 1.78. The number of nitrogens with zero attached hydrogens (tertiary/aromatic N) is 2. The molecule has 0 unspecified atom stereocenters. The largest absolute Gasteiger partial charge is 0.303 e. The Kier molecular flexibility index (Phi) is 5.50. The van der Waals surface area contributed by atoms with Crippen molar-refractivity contribution in [2.45, 2.75) is 18.6 Å². The van der Waals surface area contributed by atoms with Crippen molar-refractivity contribution in [3.63, 3.8) is 0 Å². The van der Waals surface area contributed by atoms with E-state index in [9.17, 15) is 9.18 Å². The van der Waals surface area contributed by atoms with Crippen molar-refractivity contribution in [2.24, 2.45) is 10.2 Å². The molecule has 25 heavy (non-hydrogen) atoms. The fourth-order valence-corrected chi connectivity index (χ4v) is 3.38. The zero-order valence-corrected chi connectivity index (χ0v) is 14.9. The van der Waals surface area contributed by atoms with Gasteiger partial charge in [-0.15, -0.1) is 5.10 Å². The molecule has 1 saturated heterocycles. The SMILES string of the molecule is C/C(=N/N=C1/NC(=O)[C@@H](Cc2ccc(Cl)cc2)S1)c1ccc(F)cc1. The van der Waals surface area contributed by atoms with E-state index in [-0.39, 0.29) is 17.0 Å². The van der Waals surface area contributed by atoms with Gasteiger partial charge >= 0.3 is 0 Å². The Bertz CT molecular complexity index is 834. The molecule has 1 fully saturated rings. The average Bonchev–Trinajstić information content (AvgIpc) is 2.95. The topological polar surface area (TPSA) is 53.8 Å². The van der Waals surface area contributed by atoms with Crippen LogP contribution in [-0.2, 0) is 11.2 Å². The molecule has 2 aromatic rings. The Morgan fingerprint density at radius 3 is 2.56 bits per heavy atom. The highest BCUT2D eigenvalue weighted by atomic mass is 35.5. The van der Waals surface area contributed by atoms with Crippen LogP contribution < -0.4 is 5.32 Å². The third-order valence-electron chi connectivity index (χ3n) is 3.66. The fourth-order valence-electron chi connectivity index (χ4n) is 2.29. The Morgan fingerprint density at radius 1 is 1.20 bits per heavy atom. The molecule has 1 atom stereocenters. The fraction of sp³-hybridized carbons (Fsp3) is 0.167. The van der Waals surface area contributed by atoms with Gasteiger partial charge in [-0.25, -0.2) is 4.39 Å². The molecule has 2 aromatic carbocycles. The third kappa shape index (κ3) is 4.67. The number of thioether (sulfide) groups is 1. The number of amidine groups is 1. The summed E-state index contributed by atoms with van der Waals surface area (Å²) in [5, 5.41) is 11.8. The quantitative estimate of drug-likeness (QED) is 0.647. The van der Waals surface area contributed by atoms with Crippen LogP contribution in [0.4, 0.5) is 4.39 Å². The first-order chi connectivity index (χ1) is 12.0. The first kappa shape index (κ1) is 17.6. The lowest BCUT2D eigenvalue weighted by molar-refractivity contribution is -0.118. The van der Waals surface area contributed by atoms with E-state index in [0.29, 0.717) is 22.3 Å². The summed E-state index contributed by atoms with van der Waals surface area (Å²) >= 11 is 7.22. The monoisotopic (exact) mass is 375 g/mol.